The molecule has 2 unspecified atom stereocenters. The van der Waals surface area contributed by atoms with Crippen LogP contribution in [0.1, 0.15) is 59.3 Å². The predicted molar refractivity (Wildman–Crippen MR) is 61.7 cm³/mol. The van der Waals surface area contributed by atoms with Gasteiger partial charge in [0.25, 0.3) is 0 Å². The van der Waals surface area contributed by atoms with Gasteiger partial charge in [0.2, 0.25) is 0 Å². The Morgan fingerprint density at radius 1 is 1.06 bits per heavy atom. The maximum absolute atomic E-state index is 11.4. The van der Waals surface area contributed by atoms with Gasteiger partial charge in [0, 0.05) is 24.2 Å². The standard InChI is InChI=1S/C10H16O3.C3H8.Na/c1-2-9(11)7-5-3-4-6-8(7)10(12)13;1-3-2;/h7-8H,2-6H2,1H3,(H,12,13);3H2,1-2H3;/q;;+1/p-1. The number of carboxylic acids is 1. The molecule has 4 heteroatoms. The zero-order valence-electron chi connectivity index (χ0n) is 11.6. The summed E-state index contributed by atoms with van der Waals surface area (Å²) < 4.78 is 0. The molecule has 1 rings (SSSR count). The number of hydrogen-bond donors (Lipinski definition) is 0. The smallest absolute Gasteiger partial charge is 0.550 e. The van der Waals surface area contributed by atoms with Gasteiger partial charge in [-0.1, -0.05) is 40.0 Å². The first-order chi connectivity index (χ1) is 7.58. The van der Waals surface area contributed by atoms with Crippen molar-refractivity contribution in [3.05, 3.63) is 0 Å². The van der Waals surface area contributed by atoms with Gasteiger partial charge in [-0.25, -0.2) is 0 Å². The Bertz CT molecular complexity index is 229. The molecule has 0 spiro atoms. The van der Waals surface area contributed by atoms with Gasteiger partial charge in [-0.2, -0.15) is 0 Å². The van der Waals surface area contributed by atoms with Crippen molar-refractivity contribution in [1.82, 2.24) is 0 Å². The summed E-state index contributed by atoms with van der Waals surface area (Å²) in [5, 5.41) is 10.7. The second-order valence-corrected chi connectivity index (χ2v) is 4.34. The van der Waals surface area contributed by atoms with Gasteiger partial charge in [-0.3, -0.25) is 4.79 Å². The quantitative estimate of drug-likeness (QED) is 0.600. The molecule has 0 aliphatic heterocycles. The number of aliphatic carboxylic acids is 1. The van der Waals surface area contributed by atoms with E-state index in [0.717, 1.165) is 19.3 Å². The van der Waals surface area contributed by atoms with Crippen LogP contribution in [0.15, 0.2) is 0 Å². The van der Waals surface area contributed by atoms with Gasteiger partial charge in [0.05, 0.1) is 0 Å². The molecule has 0 aromatic rings. The third-order valence-corrected chi connectivity index (χ3v) is 2.83. The number of hydrogen-bond acceptors (Lipinski definition) is 3. The number of carbonyl (C=O) groups is 2. The van der Waals surface area contributed by atoms with Gasteiger partial charge in [0.15, 0.2) is 0 Å². The molecule has 0 aromatic heterocycles. The van der Waals surface area contributed by atoms with Crippen LogP contribution < -0.4 is 34.7 Å². The van der Waals surface area contributed by atoms with E-state index in [1.54, 1.807) is 6.92 Å². The summed E-state index contributed by atoms with van der Waals surface area (Å²) in [6.07, 6.45) is 4.91. The number of ketones is 1. The van der Waals surface area contributed by atoms with Gasteiger partial charge in [-0.05, 0) is 12.8 Å². The molecule has 0 bridgehead atoms. The van der Waals surface area contributed by atoms with Crippen molar-refractivity contribution in [2.45, 2.75) is 59.3 Å². The van der Waals surface area contributed by atoms with Crippen molar-refractivity contribution in [1.29, 1.82) is 0 Å². The summed E-state index contributed by atoms with van der Waals surface area (Å²) in [4.78, 5) is 22.1. The average Bonchev–Trinajstić information content (AvgIpc) is 2.29. The van der Waals surface area contributed by atoms with Gasteiger partial charge in [0.1, 0.15) is 5.78 Å². The molecular weight excluding hydrogens is 227 g/mol. The van der Waals surface area contributed by atoms with E-state index < -0.39 is 11.9 Å². The Balaban J connectivity index is 0. The average molecular weight is 250 g/mol. The fourth-order valence-electron chi connectivity index (χ4n) is 2.06. The van der Waals surface area contributed by atoms with Gasteiger partial charge >= 0.3 is 29.6 Å². The van der Waals surface area contributed by atoms with Crippen molar-refractivity contribution in [2.75, 3.05) is 0 Å². The minimum atomic E-state index is -1.05. The summed E-state index contributed by atoms with van der Waals surface area (Å²) in [6.45, 7) is 6.03. The molecule has 0 saturated heterocycles. The molecule has 1 aliphatic rings. The largest absolute Gasteiger partial charge is 1.00 e. The SMILES string of the molecule is CCC.CCC(=O)C1CCCCC1C(=O)[O-].[Na+]. The second-order valence-electron chi connectivity index (χ2n) is 4.34. The first kappa shape index (κ1) is 19.5. The van der Waals surface area contributed by atoms with E-state index in [1.807, 2.05) is 0 Å². The zero-order chi connectivity index (χ0) is 12.6. The number of carboxylic acid groups (broad SMARTS) is 1. The van der Waals surface area contributed by atoms with Crippen LogP contribution in [0.4, 0.5) is 0 Å². The molecule has 17 heavy (non-hydrogen) atoms. The Morgan fingerprint density at radius 3 is 1.82 bits per heavy atom. The van der Waals surface area contributed by atoms with Crippen molar-refractivity contribution in [2.24, 2.45) is 11.8 Å². The fraction of sp³-hybridized carbons (Fsp3) is 0.846. The molecule has 0 amide bonds. The maximum Gasteiger partial charge on any atom is 1.00 e. The molecule has 1 fully saturated rings. The molecule has 0 heterocycles. The Labute approximate surface area is 127 Å². The molecule has 94 valence electrons. The minimum absolute atomic E-state index is 0. The van der Waals surface area contributed by atoms with E-state index in [-0.39, 0.29) is 41.3 Å². The Kier molecular flexibility index (Phi) is 12.9. The molecule has 0 aromatic carbocycles. The van der Waals surface area contributed by atoms with Gasteiger partial charge in [-0.15, -0.1) is 0 Å². The summed E-state index contributed by atoms with van der Waals surface area (Å²) in [5.74, 6) is -1.77. The van der Waals surface area contributed by atoms with E-state index in [9.17, 15) is 14.7 Å². The summed E-state index contributed by atoms with van der Waals surface area (Å²) >= 11 is 0. The zero-order valence-corrected chi connectivity index (χ0v) is 13.6. The normalized spacial score (nSPS) is 22.8. The molecule has 0 N–H and O–H groups in total. The first-order valence-electron chi connectivity index (χ1n) is 6.31. The number of carbonyl (C=O) groups excluding carboxylic acids is 2. The monoisotopic (exact) mass is 250 g/mol. The second kappa shape index (κ2) is 11.2. The summed E-state index contributed by atoms with van der Waals surface area (Å²) in [5.41, 5.74) is 0. The topological polar surface area (TPSA) is 57.2 Å². The van der Waals surface area contributed by atoms with Gasteiger partial charge < -0.3 is 9.90 Å². The maximum atomic E-state index is 11.4. The van der Waals surface area contributed by atoms with Crippen molar-refractivity contribution in [3.8, 4) is 0 Å². The Hall–Kier alpha value is 0.140. The van der Waals surface area contributed by atoms with Crippen LogP contribution in [0.2, 0.25) is 0 Å². The Morgan fingerprint density at radius 2 is 1.47 bits per heavy atom. The van der Waals surface area contributed by atoms with E-state index in [1.165, 1.54) is 6.42 Å². The van der Waals surface area contributed by atoms with E-state index in [2.05, 4.69) is 13.8 Å². The van der Waals surface area contributed by atoms with E-state index in [0.29, 0.717) is 12.8 Å². The van der Waals surface area contributed by atoms with E-state index in [4.69, 9.17) is 0 Å². The summed E-state index contributed by atoms with van der Waals surface area (Å²) in [6, 6.07) is 0. The third kappa shape index (κ3) is 7.22. The van der Waals surface area contributed by atoms with Crippen LogP contribution in [0, 0.1) is 11.8 Å². The number of Topliss-reactive ketones (excluding diaryl/α,β-unsaturated/α-hetero) is 1. The molecule has 3 nitrogen and oxygen atoms in total. The fourth-order valence-corrected chi connectivity index (χ4v) is 2.06. The van der Waals surface area contributed by atoms with E-state index >= 15 is 0 Å². The van der Waals surface area contributed by atoms with Crippen molar-refractivity contribution >= 4 is 11.8 Å². The summed E-state index contributed by atoms with van der Waals surface area (Å²) in [7, 11) is 0. The van der Waals surface area contributed by atoms with Crippen LogP contribution >= 0.6 is 0 Å². The van der Waals surface area contributed by atoms with Crippen molar-refractivity contribution in [3.63, 3.8) is 0 Å². The van der Waals surface area contributed by atoms with Crippen LogP contribution in [0.5, 0.6) is 0 Å². The third-order valence-electron chi connectivity index (χ3n) is 2.83. The molecular formula is C13H23NaO3. The predicted octanol–water partition coefficient (Wildman–Crippen LogP) is -1.06. The van der Waals surface area contributed by atoms with Crippen LogP contribution in [-0.2, 0) is 9.59 Å². The van der Waals surface area contributed by atoms with Crippen LogP contribution in [0.3, 0.4) is 0 Å². The van der Waals surface area contributed by atoms with Crippen LogP contribution in [-0.4, -0.2) is 11.8 Å². The molecule has 0 radical (unpaired) electrons. The molecule has 2 atom stereocenters. The minimum Gasteiger partial charge on any atom is -0.550 e. The first-order valence-corrected chi connectivity index (χ1v) is 6.31. The molecule has 1 aliphatic carbocycles. The van der Waals surface area contributed by atoms with Crippen LogP contribution in [0.25, 0.3) is 0 Å². The number of rotatable bonds is 3. The molecule has 1 saturated carbocycles. The van der Waals surface area contributed by atoms with Crippen molar-refractivity contribution < 1.29 is 44.3 Å².